The number of methoxy groups -OCH3 is 1. The Hall–Kier alpha value is -1.42. The van der Waals surface area contributed by atoms with E-state index in [1.54, 1.807) is 13.2 Å². The molecular weight excluding hydrogens is 333 g/mol. The van der Waals surface area contributed by atoms with Crippen molar-refractivity contribution in [2.75, 3.05) is 7.11 Å². The molecule has 0 bridgehead atoms. The molecule has 23 heavy (non-hydrogen) atoms. The summed E-state index contributed by atoms with van der Waals surface area (Å²) >= 11 is 11.9. The molecule has 1 unspecified atom stereocenters. The van der Waals surface area contributed by atoms with E-state index in [4.69, 9.17) is 27.9 Å². The van der Waals surface area contributed by atoms with Gasteiger partial charge in [0.05, 0.1) is 17.2 Å². The zero-order chi connectivity index (χ0) is 16.8. The van der Waals surface area contributed by atoms with Crippen LogP contribution in [0, 0.1) is 0 Å². The molecule has 0 spiro atoms. The predicted molar refractivity (Wildman–Crippen MR) is 95.7 cm³/mol. The number of hydrogen-bond donors (Lipinski definition) is 2. The fraction of sp³-hybridized carbons (Fsp3) is 0.333. The van der Waals surface area contributed by atoms with Gasteiger partial charge in [0, 0.05) is 12.6 Å². The molecule has 124 valence electrons. The number of aryl methyl sites for hydroxylation is 1. The first-order chi connectivity index (χ1) is 11.0. The third kappa shape index (κ3) is 5.31. The average molecular weight is 354 g/mol. The SMILES string of the molecule is COc1cc(CCC(C)NCc2ccc(Cl)c(Cl)c2)ccc1O. The molecule has 0 fully saturated rings. The lowest BCUT2D eigenvalue weighted by atomic mass is 10.1. The number of hydrogen-bond acceptors (Lipinski definition) is 3. The summed E-state index contributed by atoms with van der Waals surface area (Å²) in [5, 5.41) is 14.2. The molecule has 0 aromatic heterocycles. The molecule has 3 nitrogen and oxygen atoms in total. The first-order valence-electron chi connectivity index (χ1n) is 7.52. The van der Waals surface area contributed by atoms with Gasteiger partial charge in [-0.2, -0.15) is 0 Å². The first kappa shape index (κ1) is 17.9. The standard InChI is InChI=1S/C18H21Cl2NO2/c1-12(21-11-14-5-7-15(19)16(20)9-14)3-4-13-6-8-17(22)18(10-13)23-2/h5-10,12,21-22H,3-4,11H2,1-2H3. The van der Waals surface area contributed by atoms with Gasteiger partial charge in [0.15, 0.2) is 11.5 Å². The van der Waals surface area contributed by atoms with Gasteiger partial charge in [0.1, 0.15) is 0 Å². The highest BCUT2D eigenvalue weighted by atomic mass is 35.5. The molecule has 0 radical (unpaired) electrons. The van der Waals surface area contributed by atoms with Crippen molar-refractivity contribution in [3.63, 3.8) is 0 Å². The number of benzene rings is 2. The van der Waals surface area contributed by atoms with Crippen LogP contribution in [0.5, 0.6) is 11.5 Å². The molecule has 2 N–H and O–H groups in total. The van der Waals surface area contributed by atoms with Gasteiger partial charge in [-0.3, -0.25) is 0 Å². The minimum Gasteiger partial charge on any atom is -0.504 e. The van der Waals surface area contributed by atoms with Crippen LogP contribution in [-0.2, 0) is 13.0 Å². The number of phenolic OH excluding ortho intramolecular Hbond substituents is 1. The fourth-order valence-electron chi connectivity index (χ4n) is 2.30. The maximum atomic E-state index is 9.61. The van der Waals surface area contributed by atoms with Gasteiger partial charge in [0.25, 0.3) is 0 Å². The van der Waals surface area contributed by atoms with Gasteiger partial charge in [-0.25, -0.2) is 0 Å². The molecule has 2 aromatic rings. The van der Waals surface area contributed by atoms with Crippen LogP contribution in [0.15, 0.2) is 36.4 Å². The van der Waals surface area contributed by atoms with Crippen molar-refractivity contribution in [2.45, 2.75) is 32.4 Å². The zero-order valence-corrected chi connectivity index (χ0v) is 14.8. The highest BCUT2D eigenvalue weighted by molar-refractivity contribution is 6.42. The third-order valence-corrected chi connectivity index (χ3v) is 4.49. The van der Waals surface area contributed by atoms with Crippen molar-refractivity contribution in [2.24, 2.45) is 0 Å². The molecule has 2 aromatic carbocycles. The van der Waals surface area contributed by atoms with Gasteiger partial charge in [-0.15, -0.1) is 0 Å². The minimum absolute atomic E-state index is 0.169. The van der Waals surface area contributed by atoms with E-state index in [0.717, 1.165) is 30.5 Å². The molecule has 0 saturated carbocycles. The van der Waals surface area contributed by atoms with Gasteiger partial charge in [-0.05, 0) is 55.2 Å². The molecule has 0 heterocycles. The molecule has 0 aliphatic rings. The predicted octanol–water partition coefficient (Wildman–Crippen LogP) is 4.82. The Kier molecular flexibility index (Phi) is 6.58. The molecule has 2 rings (SSSR count). The summed E-state index contributed by atoms with van der Waals surface area (Å²) < 4.78 is 5.13. The van der Waals surface area contributed by atoms with E-state index in [1.165, 1.54) is 0 Å². The molecular formula is C18H21Cl2NO2. The van der Waals surface area contributed by atoms with Crippen molar-refractivity contribution < 1.29 is 9.84 Å². The number of phenols is 1. The summed E-state index contributed by atoms with van der Waals surface area (Å²) in [7, 11) is 1.56. The molecule has 5 heteroatoms. The smallest absolute Gasteiger partial charge is 0.160 e. The Morgan fingerprint density at radius 1 is 1.09 bits per heavy atom. The second kappa shape index (κ2) is 8.44. The zero-order valence-electron chi connectivity index (χ0n) is 13.3. The van der Waals surface area contributed by atoms with E-state index in [-0.39, 0.29) is 5.75 Å². The second-order valence-corrected chi connectivity index (χ2v) is 6.39. The summed E-state index contributed by atoms with van der Waals surface area (Å²) in [5.74, 6) is 0.681. The van der Waals surface area contributed by atoms with Crippen molar-refractivity contribution in [3.05, 3.63) is 57.6 Å². The van der Waals surface area contributed by atoms with Crippen molar-refractivity contribution >= 4 is 23.2 Å². The van der Waals surface area contributed by atoms with Crippen LogP contribution in [0.25, 0.3) is 0 Å². The topological polar surface area (TPSA) is 41.5 Å². The van der Waals surface area contributed by atoms with E-state index < -0.39 is 0 Å². The van der Waals surface area contributed by atoms with Crippen molar-refractivity contribution in [1.82, 2.24) is 5.32 Å². The molecule has 0 aliphatic heterocycles. The summed E-state index contributed by atoms with van der Waals surface area (Å²) in [5.41, 5.74) is 2.25. The summed E-state index contributed by atoms with van der Waals surface area (Å²) in [6.45, 7) is 2.89. The summed E-state index contributed by atoms with van der Waals surface area (Å²) in [6.07, 6.45) is 1.89. The quantitative estimate of drug-likeness (QED) is 0.749. The van der Waals surface area contributed by atoms with Crippen LogP contribution < -0.4 is 10.1 Å². The van der Waals surface area contributed by atoms with E-state index >= 15 is 0 Å². The average Bonchev–Trinajstić information content (AvgIpc) is 2.55. The highest BCUT2D eigenvalue weighted by Gasteiger charge is 2.06. The van der Waals surface area contributed by atoms with Crippen molar-refractivity contribution in [3.8, 4) is 11.5 Å². The highest BCUT2D eigenvalue weighted by Crippen LogP contribution is 2.27. The van der Waals surface area contributed by atoms with Crippen LogP contribution in [0.1, 0.15) is 24.5 Å². The number of rotatable bonds is 7. The maximum absolute atomic E-state index is 9.61. The summed E-state index contributed by atoms with van der Waals surface area (Å²) in [6, 6.07) is 11.5. The van der Waals surface area contributed by atoms with Crippen LogP contribution in [-0.4, -0.2) is 18.3 Å². The van der Waals surface area contributed by atoms with Crippen LogP contribution in [0.3, 0.4) is 0 Å². The van der Waals surface area contributed by atoms with E-state index in [9.17, 15) is 5.11 Å². The Morgan fingerprint density at radius 2 is 1.83 bits per heavy atom. The lowest BCUT2D eigenvalue weighted by molar-refractivity contribution is 0.372. The Bertz CT molecular complexity index is 661. The van der Waals surface area contributed by atoms with Crippen molar-refractivity contribution in [1.29, 1.82) is 0 Å². The maximum Gasteiger partial charge on any atom is 0.160 e. The monoisotopic (exact) mass is 353 g/mol. The van der Waals surface area contributed by atoms with Gasteiger partial charge < -0.3 is 15.2 Å². The minimum atomic E-state index is 0.169. The van der Waals surface area contributed by atoms with E-state index in [0.29, 0.717) is 21.8 Å². The van der Waals surface area contributed by atoms with E-state index in [2.05, 4.69) is 12.2 Å². The first-order valence-corrected chi connectivity index (χ1v) is 8.28. The molecule has 0 amide bonds. The lowest BCUT2D eigenvalue weighted by Gasteiger charge is -2.14. The Labute approximate surface area is 147 Å². The Balaban J connectivity index is 1.83. The third-order valence-electron chi connectivity index (χ3n) is 3.75. The molecule has 0 saturated heterocycles. The van der Waals surface area contributed by atoms with Gasteiger partial charge in [0.2, 0.25) is 0 Å². The van der Waals surface area contributed by atoms with Gasteiger partial charge in [-0.1, -0.05) is 35.3 Å². The molecule has 1 atom stereocenters. The van der Waals surface area contributed by atoms with Crippen LogP contribution in [0.2, 0.25) is 10.0 Å². The summed E-state index contributed by atoms with van der Waals surface area (Å²) in [4.78, 5) is 0. The Morgan fingerprint density at radius 3 is 2.52 bits per heavy atom. The second-order valence-electron chi connectivity index (χ2n) is 5.58. The number of ether oxygens (including phenoxy) is 1. The van der Waals surface area contributed by atoms with Gasteiger partial charge >= 0.3 is 0 Å². The van der Waals surface area contributed by atoms with Crippen LogP contribution in [0.4, 0.5) is 0 Å². The van der Waals surface area contributed by atoms with E-state index in [1.807, 2.05) is 30.3 Å². The lowest BCUT2D eigenvalue weighted by Crippen LogP contribution is -2.25. The fourth-order valence-corrected chi connectivity index (χ4v) is 2.63. The van der Waals surface area contributed by atoms with Crippen LogP contribution >= 0.6 is 23.2 Å². The number of nitrogens with one attached hydrogen (secondary N) is 1. The largest absolute Gasteiger partial charge is 0.504 e. The number of aromatic hydroxyl groups is 1. The number of halogens is 2. The molecule has 0 aliphatic carbocycles. The normalized spacial score (nSPS) is 12.2.